The number of para-hydroxylation sites is 1. The normalized spacial score (nSPS) is 13.5. The Balaban J connectivity index is 2.16. The lowest BCUT2D eigenvalue weighted by Gasteiger charge is -2.26. The molecule has 3 nitrogen and oxygen atoms in total. The molecule has 4 heteroatoms. The molecule has 0 aliphatic heterocycles. The van der Waals surface area contributed by atoms with Crippen molar-refractivity contribution in [3.8, 4) is 0 Å². The summed E-state index contributed by atoms with van der Waals surface area (Å²) in [6.45, 7) is 6.55. The quantitative estimate of drug-likeness (QED) is 0.903. The van der Waals surface area contributed by atoms with Crippen molar-refractivity contribution in [2.75, 3.05) is 11.9 Å². The molecule has 0 bridgehead atoms. The highest BCUT2D eigenvalue weighted by molar-refractivity contribution is 9.10. The van der Waals surface area contributed by atoms with Gasteiger partial charge in [0.05, 0.1) is 11.6 Å². The van der Waals surface area contributed by atoms with E-state index >= 15 is 0 Å². The third kappa shape index (κ3) is 3.45. The van der Waals surface area contributed by atoms with Crippen molar-refractivity contribution >= 4 is 32.7 Å². The molecule has 2 N–H and O–H groups in total. The first kappa shape index (κ1) is 14.3. The topological polar surface area (TPSA) is 45.1 Å². The van der Waals surface area contributed by atoms with Gasteiger partial charge in [-0.15, -0.1) is 0 Å². The van der Waals surface area contributed by atoms with Crippen LogP contribution < -0.4 is 5.32 Å². The van der Waals surface area contributed by atoms with E-state index in [0.29, 0.717) is 6.54 Å². The molecule has 0 saturated heterocycles. The number of pyridine rings is 1. The molecular formula is C15H19BrN2O. The number of anilines is 1. The molecule has 1 atom stereocenters. The molecule has 0 aliphatic rings. The maximum Gasteiger partial charge on any atom is 0.126 e. The number of halogens is 1. The molecule has 1 unspecified atom stereocenters. The molecule has 1 heterocycles. The standard InChI is InChI=1S/C15H19BrN2O/c1-15(2,3)12(19)9-17-13-8-7-10-5-4-6-11(16)14(10)18-13/h4-8,12,19H,9H2,1-3H3,(H,17,18). The molecule has 0 aliphatic carbocycles. The number of hydrogen-bond acceptors (Lipinski definition) is 3. The molecule has 1 aromatic heterocycles. The van der Waals surface area contributed by atoms with Crippen molar-refractivity contribution in [3.05, 3.63) is 34.8 Å². The highest BCUT2D eigenvalue weighted by Gasteiger charge is 2.21. The fourth-order valence-corrected chi connectivity index (χ4v) is 2.19. The van der Waals surface area contributed by atoms with Gasteiger partial charge in [-0.3, -0.25) is 0 Å². The predicted molar refractivity (Wildman–Crippen MR) is 83.4 cm³/mol. The van der Waals surface area contributed by atoms with E-state index in [4.69, 9.17) is 0 Å². The molecule has 2 rings (SSSR count). The summed E-state index contributed by atoms with van der Waals surface area (Å²) < 4.78 is 0.977. The lowest BCUT2D eigenvalue weighted by Crippen LogP contribution is -2.33. The second-order valence-electron chi connectivity index (χ2n) is 5.77. The van der Waals surface area contributed by atoms with Crippen molar-refractivity contribution in [1.82, 2.24) is 4.98 Å². The number of aliphatic hydroxyl groups excluding tert-OH is 1. The van der Waals surface area contributed by atoms with Crippen LogP contribution in [-0.2, 0) is 0 Å². The summed E-state index contributed by atoms with van der Waals surface area (Å²) in [5.74, 6) is 0.780. The van der Waals surface area contributed by atoms with E-state index in [-0.39, 0.29) is 5.41 Å². The predicted octanol–water partition coefficient (Wildman–Crippen LogP) is 3.82. The highest BCUT2D eigenvalue weighted by atomic mass is 79.9. The number of fused-ring (bicyclic) bond motifs is 1. The Morgan fingerprint density at radius 2 is 2.00 bits per heavy atom. The van der Waals surface area contributed by atoms with Crippen molar-refractivity contribution in [3.63, 3.8) is 0 Å². The number of hydrogen-bond donors (Lipinski definition) is 2. The summed E-state index contributed by atoms with van der Waals surface area (Å²) in [6.07, 6.45) is -0.413. The van der Waals surface area contributed by atoms with Crippen molar-refractivity contribution in [2.45, 2.75) is 26.9 Å². The minimum atomic E-state index is -0.413. The number of nitrogens with zero attached hydrogens (tertiary/aromatic N) is 1. The minimum Gasteiger partial charge on any atom is -0.391 e. The van der Waals surface area contributed by atoms with Crippen molar-refractivity contribution < 1.29 is 5.11 Å². The van der Waals surface area contributed by atoms with Crippen molar-refractivity contribution in [2.24, 2.45) is 5.41 Å². The number of aromatic nitrogens is 1. The summed E-state index contributed by atoms with van der Waals surface area (Å²) in [5, 5.41) is 14.3. The molecule has 0 spiro atoms. The first-order valence-electron chi connectivity index (χ1n) is 6.35. The van der Waals surface area contributed by atoms with E-state index in [2.05, 4.69) is 26.2 Å². The van der Waals surface area contributed by atoms with Gasteiger partial charge in [-0.25, -0.2) is 4.98 Å². The Labute approximate surface area is 122 Å². The first-order chi connectivity index (χ1) is 8.88. The lowest BCUT2D eigenvalue weighted by atomic mass is 9.89. The van der Waals surface area contributed by atoms with Crippen LogP contribution in [0.4, 0.5) is 5.82 Å². The molecule has 0 amide bonds. The maximum atomic E-state index is 10.0. The third-order valence-corrected chi connectivity index (χ3v) is 3.79. The maximum absolute atomic E-state index is 10.0. The van der Waals surface area contributed by atoms with Gasteiger partial charge in [0.25, 0.3) is 0 Å². The zero-order chi connectivity index (χ0) is 14.0. The second-order valence-corrected chi connectivity index (χ2v) is 6.63. The van der Waals surface area contributed by atoms with Crippen LogP contribution in [0.25, 0.3) is 10.9 Å². The van der Waals surface area contributed by atoms with Crippen LogP contribution >= 0.6 is 15.9 Å². The van der Waals surface area contributed by atoms with Gasteiger partial charge in [-0.1, -0.05) is 32.9 Å². The molecule has 2 aromatic rings. The summed E-state index contributed by atoms with van der Waals surface area (Å²) in [4.78, 5) is 4.56. The zero-order valence-corrected chi connectivity index (χ0v) is 13.0. The van der Waals surface area contributed by atoms with Gasteiger partial charge in [0.2, 0.25) is 0 Å². The number of benzene rings is 1. The van der Waals surface area contributed by atoms with Crippen LogP contribution in [0.2, 0.25) is 0 Å². The largest absolute Gasteiger partial charge is 0.391 e. The Morgan fingerprint density at radius 1 is 1.26 bits per heavy atom. The molecule has 19 heavy (non-hydrogen) atoms. The Kier molecular flexibility index (Phi) is 4.11. The SMILES string of the molecule is CC(C)(C)C(O)CNc1ccc2cccc(Br)c2n1. The fraction of sp³-hybridized carbons (Fsp3) is 0.400. The molecular weight excluding hydrogens is 304 g/mol. The van der Waals surface area contributed by atoms with E-state index in [0.717, 1.165) is 21.2 Å². The summed E-state index contributed by atoms with van der Waals surface area (Å²) in [5.41, 5.74) is 0.794. The van der Waals surface area contributed by atoms with Gasteiger partial charge in [0, 0.05) is 16.4 Å². The van der Waals surface area contributed by atoms with E-state index in [1.54, 1.807) is 0 Å². The van der Waals surface area contributed by atoms with Gasteiger partial charge < -0.3 is 10.4 Å². The first-order valence-corrected chi connectivity index (χ1v) is 7.14. The van der Waals surface area contributed by atoms with Gasteiger partial charge in [-0.2, -0.15) is 0 Å². The average Bonchev–Trinajstić information content (AvgIpc) is 2.35. The highest BCUT2D eigenvalue weighted by Crippen LogP contribution is 2.24. The second kappa shape index (κ2) is 5.47. The number of aliphatic hydroxyl groups is 1. The molecule has 1 aromatic carbocycles. The lowest BCUT2D eigenvalue weighted by molar-refractivity contribution is 0.0745. The minimum absolute atomic E-state index is 0.134. The zero-order valence-electron chi connectivity index (χ0n) is 11.4. The molecule has 102 valence electrons. The average molecular weight is 323 g/mol. The molecule has 0 radical (unpaired) electrons. The number of nitrogens with one attached hydrogen (secondary N) is 1. The molecule has 0 saturated carbocycles. The molecule has 0 fully saturated rings. The smallest absolute Gasteiger partial charge is 0.126 e. The van der Waals surface area contributed by atoms with Crippen LogP contribution in [0, 0.1) is 5.41 Å². The van der Waals surface area contributed by atoms with Crippen LogP contribution in [0.5, 0.6) is 0 Å². The van der Waals surface area contributed by atoms with E-state index in [1.165, 1.54) is 0 Å². The Bertz CT molecular complexity index is 578. The van der Waals surface area contributed by atoms with Crippen LogP contribution in [0.1, 0.15) is 20.8 Å². The Morgan fingerprint density at radius 3 is 2.68 bits per heavy atom. The van der Waals surface area contributed by atoms with E-state index in [1.807, 2.05) is 51.1 Å². The van der Waals surface area contributed by atoms with Gasteiger partial charge >= 0.3 is 0 Å². The third-order valence-electron chi connectivity index (χ3n) is 3.15. The monoisotopic (exact) mass is 322 g/mol. The summed E-state index contributed by atoms with van der Waals surface area (Å²) in [7, 11) is 0. The van der Waals surface area contributed by atoms with Gasteiger partial charge in [0.15, 0.2) is 0 Å². The van der Waals surface area contributed by atoms with Crippen molar-refractivity contribution in [1.29, 1.82) is 0 Å². The van der Waals surface area contributed by atoms with E-state index in [9.17, 15) is 5.11 Å². The van der Waals surface area contributed by atoms with Gasteiger partial charge in [-0.05, 0) is 39.5 Å². The Hall–Kier alpha value is -1.13. The van der Waals surface area contributed by atoms with E-state index < -0.39 is 6.10 Å². The summed E-state index contributed by atoms with van der Waals surface area (Å²) in [6, 6.07) is 9.96. The fourth-order valence-electron chi connectivity index (χ4n) is 1.72. The van der Waals surface area contributed by atoms with Crippen LogP contribution in [0.15, 0.2) is 34.8 Å². The van der Waals surface area contributed by atoms with Crippen LogP contribution in [0.3, 0.4) is 0 Å². The van der Waals surface area contributed by atoms with Gasteiger partial charge in [0.1, 0.15) is 5.82 Å². The number of rotatable bonds is 3. The summed E-state index contributed by atoms with van der Waals surface area (Å²) >= 11 is 3.50. The van der Waals surface area contributed by atoms with Crippen LogP contribution in [-0.4, -0.2) is 22.7 Å².